The van der Waals surface area contributed by atoms with Gasteiger partial charge in [0.25, 0.3) is 0 Å². The highest BCUT2D eigenvalue weighted by Gasteiger charge is 2.12. The van der Waals surface area contributed by atoms with E-state index in [9.17, 15) is 0 Å². The Morgan fingerprint density at radius 1 is 0.840 bits per heavy atom. The van der Waals surface area contributed by atoms with E-state index in [0.29, 0.717) is 0 Å². The molecule has 1 N–H and O–H groups in total. The molecule has 3 aromatic rings. The number of hydrogen-bond donors (Lipinski definition) is 1. The van der Waals surface area contributed by atoms with Crippen molar-refractivity contribution in [3.05, 3.63) is 61.1 Å². The summed E-state index contributed by atoms with van der Waals surface area (Å²) in [7, 11) is 0. The minimum absolute atomic E-state index is 0.745. The summed E-state index contributed by atoms with van der Waals surface area (Å²) in [6.45, 7) is 3.32. The topological polar surface area (TPSA) is 63.2 Å². The lowest BCUT2D eigenvalue weighted by atomic mass is 10.2. The number of rotatable bonds is 4. The number of anilines is 3. The molecule has 1 saturated heterocycles. The number of morpholine rings is 1. The van der Waals surface area contributed by atoms with Gasteiger partial charge in [-0.1, -0.05) is 6.07 Å². The van der Waals surface area contributed by atoms with Crippen LogP contribution in [-0.2, 0) is 4.74 Å². The summed E-state index contributed by atoms with van der Waals surface area (Å²) in [6, 6.07) is 13.9. The molecule has 3 aromatic heterocycles. The van der Waals surface area contributed by atoms with E-state index in [1.807, 2.05) is 48.7 Å². The smallest absolute Gasteiger partial charge is 0.133 e. The maximum absolute atomic E-state index is 5.41. The largest absolute Gasteiger partial charge is 0.378 e. The molecule has 25 heavy (non-hydrogen) atoms. The van der Waals surface area contributed by atoms with Gasteiger partial charge in [-0.3, -0.25) is 4.98 Å². The number of pyridine rings is 3. The predicted octanol–water partition coefficient (Wildman–Crippen LogP) is 3.12. The van der Waals surface area contributed by atoms with E-state index in [-0.39, 0.29) is 0 Å². The highest BCUT2D eigenvalue weighted by molar-refractivity contribution is 5.66. The Balaban J connectivity index is 1.54. The number of aromatic nitrogens is 3. The zero-order valence-corrected chi connectivity index (χ0v) is 13.8. The van der Waals surface area contributed by atoms with Crippen LogP contribution in [0.5, 0.6) is 0 Å². The summed E-state index contributed by atoms with van der Waals surface area (Å²) < 4.78 is 5.41. The minimum atomic E-state index is 0.745. The zero-order chi connectivity index (χ0) is 16.9. The summed E-state index contributed by atoms with van der Waals surface area (Å²) >= 11 is 0. The Morgan fingerprint density at radius 3 is 2.44 bits per heavy atom. The Morgan fingerprint density at radius 2 is 1.64 bits per heavy atom. The first kappa shape index (κ1) is 15.5. The first-order valence-electron chi connectivity index (χ1n) is 8.32. The van der Waals surface area contributed by atoms with Gasteiger partial charge in [-0.25, -0.2) is 9.97 Å². The van der Waals surface area contributed by atoms with Crippen LogP contribution in [0.15, 0.2) is 61.1 Å². The second-order valence-corrected chi connectivity index (χ2v) is 5.77. The van der Waals surface area contributed by atoms with Crippen LogP contribution in [0.2, 0.25) is 0 Å². The highest BCUT2D eigenvalue weighted by atomic mass is 16.5. The summed E-state index contributed by atoms with van der Waals surface area (Å²) in [5, 5.41) is 3.29. The van der Waals surface area contributed by atoms with Crippen molar-refractivity contribution in [2.75, 3.05) is 36.5 Å². The van der Waals surface area contributed by atoms with Crippen molar-refractivity contribution in [3.8, 4) is 11.3 Å². The fourth-order valence-corrected chi connectivity index (χ4v) is 2.83. The molecule has 1 aliphatic rings. The maximum atomic E-state index is 5.41. The van der Waals surface area contributed by atoms with Crippen molar-refractivity contribution < 1.29 is 4.74 Å². The van der Waals surface area contributed by atoms with E-state index >= 15 is 0 Å². The van der Waals surface area contributed by atoms with Crippen molar-refractivity contribution in [2.24, 2.45) is 0 Å². The van der Waals surface area contributed by atoms with Crippen molar-refractivity contribution in [1.29, 1.82) is 0 Å². The lowest BCUT2D eigenvalue weighted by molar-refractivity contribution is 0.122. The molecule has 0 atom stereocenters. The molecule has 0 bridgehead atoms. The third kappa shape index (κ3) is 3.75. The fraction of sp³-hybridized carbons (Fsp3) is 0.211. The van der Waals surface area contributed by atoms with Gasteiger partial charge in [0, 0.05) is 49.0 Å². The fourth-order valence-electron chi connectivity index (χ4n) is 2.83. The van der Waals surface area contributed by atoms with Gasteiger partial charge in [-0.05, 0) is 30.3 Å². The molecule has 6 nitrogen and oxygen atoms in total. The van der Waals surface area contributed by atoms with Crippen molar-refractivity contribution in [1.82, 2.24) is 15.0 Å². The molecular formula is C19H19N5O. The lowest BCUT2D eigenvalue weighted by Crippen LogP contribution is -2.36. The second-order valence-electron chi connectivity index (χ2n) is 5.77. The minimum Gasteiger partial charge on any atom is -0.378 e. The van der Waals surface area contributed by atoms with Crippen LogP contribution in [0.25, 0.3) is 11.3 Å². The van der Waals surface area contributed by atoms with Crippen molar-refractivity contribution in [3.63, 3.8) is 0 Å². The summed E-state index contributed by atoms with van der Waals surface area (Å²) in [5.41, 5.74) is 3.08. The van der Waals surface area contributed by atoms with Gasteiger partial charge in [0.05, 0.1) is 18.9 Å². The quantitative estimate of drug-likeness (QED) is 0.791. The molecule has 0 spiro atoms. The van der Waals surface area contributed by atoms with Crippen LogP contribution in [0, 0.1) is 0 Å². The van der Waals surface area contributed by atoms with Crippen LogP contribution in [-0.4, -0.2) is 41.3 Å². The van der Waals surface area contributed by atoms with Gasteiger partial charge in [0.2, 0.25) is 0 Å². The van der Waals surface area contributed by atoms with Crippen LogP contribution >= 0.6 is 0 Å². The SMILES string of the molecule is c1ccc(-c2ccnc(Nc3cc(N4CCOCC4)ccn3)c2)nc1. The molecule has 4 heterocycles. The number of ether oxygens (including phenoxy) is 1. The van der Waals surface area contributed by atoms with Gasteiger partial charge < -0.3 is 15.0 Å². The Hall–Kier alpha value is -2.99. The molecule has 126 valence electrons. The standard InChI is InChI=1S/C19H19N5O/c1-2-6-20-17(3-1)15-4-7-21-18(13-15)23-19-14-16(5-8-22-19)24-9-11-25-12-10-24/h1-8,13-14H,9-12H2,(H,21,22,23). The summed E-state index contributed by atoms with van der Waals surface area (Å²) in [6.07, 6.45) is 5.38. The van der Waals surface area contributed by atoms with Crippen LogP contribution in [0.3, 0.4) is 0 Å². The third-order valence-corrected chi connectivity index (χ3v) is 4.10. The third-order valence-electron chi connectivity index (χ3n) is 4.10. The van der Waals surface area contributed by atoms with E-state index in [4.69, 9.17) is 4.74 Å². The van der Waals surface area contributed by atoms with Gasteiger partial charge in [0.1, 0.15) is 11.6 Å². The average molecular weight is 333 g/mol. The van der Waals surface area contributed by atoms with Gasteiger partial charge in [-0.15, -0.1) is 0 Å². The Bertz CT molecular complexity index is 834. The van der Waals surface area contributed by atoms with Gasteiger partial charge in [0.15, 0.2) is 0 Å². The number of nitrogens with one attached hydrogen (secondary N) is 1. The number of nitrogens with zero attached hydrogens (tertiary/aromatic N) is 4. The average Bonchev–Trinajstić information content (AvgIpc) is 2.70. The van der Waals surface area contributed by atoms with Crippen LogP contribution in [0.1, 0.15) is 0 Å². The first-order chi connectivity index (χ1) is 12.4. The van der Waals surface area contributed by atoms with Crippen LogP contribution in [0.4, 0.5) is 17.3 Å². The zero-order valence-electron chi connectivity index (χ0n) is 13.8. The molecular weight excluding hydrogens is 314 g/mol. The molecule has 1 fully saturated rings. The second kappa shape index (κ2) is 7.27. The molecule has 0 radical (unpaired) electrons. The van der Waals surface area contributed by atoms with Gasteiger partial charge in [-0.2, -0.15) is 0 Å². The van der Waals surface area contributed by atoms with Gasteiger partial charge >= 0.3 is 0 Å². The normalized spacial score (nSPS) is 14.3. The summed E-state index contributed by atoms with van der Waals surface area (Å²) in [4.78, 5) is 15.5. The van der Waals surface area contributed by atoms with E-state index < -0.39 is 0 Å². The maximum Gasteiger partial charge on any atom is 0.133 e. The molecule has 1 aliphatic heterocycles. The summed E-state index contributed by atoms with van der Waals surface area (Å²) in [5.74, 6) is 1.52. The first-order valence-corrected chi connectivity index (χ1v) is 8.32. The monoisotopic (exact) mass is 333 g/mol. The highest BCUT2D eigenvalue weighted by Crippen LogP contribution is 2.23. The molecule has 0 aromatic carbocycles. The van der Waals surface area contributed by atoms with E-state index in [0.717, 1.165) is 54.9 Å². The molecule has 0 amide bonds. The Kier molecular flexibility index (Phi) is 4.52. The predicted molar refractivity (Wildman–Crippen MR) is 98.0 cm³/mol. The van der Waals surface area contributed by atoms with Crippen LogP contribution < -0.4 is 10.2 Å². The molecule has 0 saturated carbocycles. The van der Waals surface area contributed by atoms with Crippen molar-refractivity contribution >= 4 is 17.3 Å². The molecule has 4 rings (SSSR count). The molecule has 0 aliphatic carbocycles. The lowest BCUT2D eigenvalue weighted by Gasteiger charge is -2.28. The van der Waals surface area contributed by atoms with E-state index in [1.54, 1.807) is 12.4 Å². The van der Waals surface area contributed by atoms with E-state index in [2.05, 4.69) is 25.2 Å². The number of hydrogen-bond acceptors (Lipinski definition) is 6. The van der Waals surface area contributed by atoms with Crippen molar-refractivity contribution in [2.45, 2.75) is 0 Å². The molecule has 6 heteroatoms. The molecule has 0 unspecified atom stereocenters. The van der Waals surface area contributed by atoms with E-state index in [1.165, 1.54) is 0 Å². The Labute approximate surface area is 146 Å².